The van der Waals surface area contributed by atoms with Gasteiger partial charge in [0.1, 0.15) is 10.7 Å². The number of piperidine rings is 1. The lowest BCUT2D eigenvalue weighted by Gasteiger charge is -2.40. The number of carbonyl (C=O) groups is 1. The van der Waals surface area contributed by atoms with Gasteiger partial charge in [-0.1, -0.05) is 12.1 Å². The highest BCUT2D eigenvalue weighted by Gasteiger charge is 2.36. The number of sulfonamides is 1. The maximum Gasteiger partial charge on any atom is 0.246 e. The molecule has 2 heterocycles. The third-order valence-electron chi connectivity index (χ3n) is 4.38. The molecule has 6 nitrogen and oxygen atoms in total. The van der Waals surface area contributed by atoms with Gasteiger partial charge in [0.05, 0.1) is 6.54 Å². The molecular weight excluding hydrogens is 321 g/mol. The van der Waals surface area contributed by atoms with E-state index in [1.165, 1.54) is 22.5 Å². The van der Waals surface area contributed by atoms with Crippen LogP contribution < -0.4 is 5.32 Å². The number of nitrogens with zero attached hydrogens (tertiary/aromatic N) is 2. The third kappa shape index (κ3) is 3.24. The van der Waals surface area contributed by atoms with Gasteiger partial charge in [-0.05, 0) is 25.0 Å². The smallest absolute Gasteiger partial charge is 0.246 e. The molecule has 0 saturated carbocycles. The molecule has 1 N–H and O–H groups in total. The van der Waals surface area contributed by atoms with E-state index in [-0.39, 0.29) is 29.9 Å². The van der Waals surface area contributed by atoms with Gasteiger partial charge in [-0.15, -0.1) is 0 Å². The molecule has 1 atom stereocenters. The Morgan fingerprint density at radius 1 is 1.22 bits per heavy atom. The summed E-state index contributed by atoms with van der Waals surface area (Å²) in [5.74, 6) is -0.751. The van der Waals surface area contributed by atoms with Gasteiger partial charge in [0.15, 0.2) is 0 Å². The summed E-state index contributed by atoms with van der Waals surface area (Å²) >= 11 is 0. The second-order valence-electron chi connectivity index (χ2n) is 5.85. The first-order valence-electron chi connectivity index (χ1n) is 7.75. The molecule has 1 aromatic carbocycles. The fraction of sp³-hybridized carbons (Fsp3) is 0.533. The molecule has 0 aliphatic carbocycles. The second-order valence-corrected chi connectivity index (χ2v) is 7.76. The predicted octanol–water partition coefficient (Wildman–Crippen LogP) is 0.411. The summed E-state index contributed by atoms with van der Waals surface area (Å²) in [6, 6.07) is 5.27. The van der Waals surface area contributed by atoms with Gasteiger partial charge in [0.25, 0.3) is 0 Å². The van der Waals surface area contributed by atoms with Crippen molar-refractivity contribution in [3.63, 3.8) is 0 Å². The number of rotatable bonds is 3. The normalized spacial score (nSPS) is 24.0. The number of hydrogen-bond donors (Lipinski definition) is 1. The Morgan fingerprint density at radius 2 is 2.00 bits per heavy atom. The number of halogens is 1. The topological polar surface area (TPSA) is 69.7 Å². The minimum atomic E-state index is -3.88. The minimum Gasteiger partial charge on any atom is -0.336 e. The fourth-order valence-corrected chi connectivity index (χ4v) is 4.77. The minimum absolute atomic E-state index is 0.00797. The molecule has 0 radical (unpaired) electrons. The lowest BCUT2D eigenvalue weighted by atomic mass is 10.1. The van der Waals surface area contributed by atoms with Gasteiger partial charge in [-0.2, -0.15) is 4.31 Å². The number of carbonyl (C=O) groups excluding carboxylic acids is 1. The Hall–Kier alpha value is -1.51. The van der Waals surface area contributed by atoms with Crippen LogP contribution in [0.1, 0.15) is 12.8 Å². The molecular formula is C15H20FN3O3S. The van der Waals surface area contributed by atoms with Gasteiger partial charge >= 0.3 is 0 Å². The van der Waals surface area contributed by atoms with Crippen molar-refractivity contribution in [3.05, 3.63) is 30.1 Å². The molecule has 0 aromatic heterocycles. The van der Waals surface area contributed by atoms with Crippen LogP contribution >= 0.6 is 0 Å². The Morgan fingerprint density at radius 3 is 2.74 bits per heavy atom. The zero-order chi connectivity index (χ0) is 16.4. The van der Waals surface area contributed by atoms with E-state index in [0.29, 0.717) is 26.1 Å². The predicted molar refractivity (Wildman–Crippen MR) is 82.8 cm³/mol. The van der Waals surface area contributed by atoms with E-state index < -0.39 is 15.8 Å². The molecule has 1 unspecified atom stereocenters. The van der Waals surface area contributed by atoms with E-state index in [4.69, 9.17) is 0 Å². The average Bonchev–Trinajstić information content (AvgIpc) is 2.55. The van der Waals surface area contributed by atoms with Crippen molar-refractivity contribution in [1.29, 1.82) is 0 Å². The van der Waals surface area contributed by atoms with Crippen molar-refractivity contribution >= 4 is 15.9 Å². The van der Waals surface area contributed by atoms with Crippen LogP contribution in [0.5, 0.6) is 0 Å². The fourth-order valence-electron chi connectivity index (χ4n) is 3.19. The summed E-state index contributed by atoms with van der Waals surface area (Å²) in [5, 5.41) is 3.01. The molecule has 2 aliphatic heterocycles. The first kappa shape index (κ1) is 16.4. The number of hydrogen-bond acceptors (Lipinski definition) is 4. The molecule has 0 spiro atoms. The van der Waals surface area contributed by atoms with Crippen LogP contribution in [0.15, 0.2) is 29.2 Å². The van der Waals surface area contributed by atoms with Crippen molar-refractivity contribution in [2.24, 2.45) is 0 Å². The van der Waals surface area contributed by atoms with E-state index in [1.807, 2.05) is 0 Å². The first-order chi connectivity index (χ1) is 11.0. The van der Waals surface area contributed by atoms with Gasteiger partial charge in [-0.25, -0.2) is 12.8 Å². The van der Waals surface area contributed by atoms with E-state index >= 15 is 0 Å². The van der Waals surface area contributed by atoms with Crippen LogP contribution in [-0.2, 0) is 14.8 Å². The largest absolute Gasteiger partial charge is 0.336 e. The Balaban J connectivity index is 1.80. The van der Waals surface area contributed by atoms with Crippen LogP contribution in [0.4, 0.5) is 4.39 Å². The third-order valence-corrected chi connectivity index (χ3v) is 6.28. The van der Waals surface area contributed by atoms with Crippen molar-refractivity contribution in [1.82, 2.24) is 14.5 Å². The SMILES string of the molecule is O=C1CNCCN1C1CCCN(S(=O)(=O)c2ccccc2F)C1. The second kappa shape index (κ2) is 6.54. The Bertz CT molecular complexity index is 695. The van der Waals surface area contributed by atoms with Crippen molar-refractivity contribution in [3.8, 4) is 0 Å². The van der Waals surface area contributed by atoms with Crippen LogP contribution in [0, 0.1) is 5.82 Å². The lowest BCUT2D eigenvalue weighted by molar-refractivity contribution is -0.135. The lowest BCUT2D eigenvalue weighted by Crippen LogP contribution is -2.57. The van der Waals surface area contributed by atoms with E-state index in [9.17, 15) is 17.6 Å². The van der Waals surface area contributed by atoms with Crippen LogP contribution in [-0.4, -0.2) is 62.3 Å². The molecule has 0 bridgehead atoms. The summed E-state index contributed by atoms with van der Waals surface area (Å²) < 4.78 is 40.6. The number of piperazine rings is 1. The summed E-state index contributed by atoms with van der Waals surface area (Å²) in [6.07, 6.45) is 1.44. The van der Waals surface area contributed by atoms with Crippen molar-refractivity contribution in [2.75, 3.05) is 32.7 Å². The molecule has 23 heavy (non-hydrogen) atoms. The maximum absolute atomic E-state index is 13.9. The summed E-state index contributed by atoms with van der Waals surface area (Å²) in [5.41, 5.74) is 0. The number of amides is 1. The molecule has 8 heteroatoms. The van der Waals surface area contributed by atoms with E-state index in [2.05, 4.69) is 5.32 Å². The monoisotopic (exact) mass is 341 g/mol. The molecule has 3 rings (SSSR count). The van der Waals surface area contributed by atoms with Crippen LogP contribution in [0.3, 0.4) is 0 Å². The van der Waals surface area contributed by atoms with Crippen molar-refractivity contribution in [2.45, 2.75) is 23.8 Å². The van der Waals surface area contributed by atoms with Gasteiger partial charge in [0.2, 0.25) is 15.9 Å². The first-order valence-corrected chi connectivity index (χ1v) is 9.19. The summed E-state index contributed by atoms with van der Waals surface area (Å²) in [4.78, 5) is 13.5. The molecule has 1 aromatic rings. The summed E-state index contributed by atoms with van der Waals surface area (Å²) in [7, 11) is -3.88. The highest BCUT2D eigenvalue weighted by atomic mass is 32.2. The Labute approximate surface area is 135 Å². The van der Waals surface area contributed by atoms with Gasteiger partial charge in [0, 0.05) is 32.2 Å². The maximum atomic E-state index is 13.9. The molecule has 126 valence electrons. The van der Waals surface area contributed by atoms with Crippen LogP contribution in [0.2, 0.25) is 0 Å². The van der Waals surface area contributed by atoms with Gasteiger partial charge < -0.3 is 10.2 Å². The van der Waals surface area contributed by atoms with E-state index in [1.54, 1.807) is 4.90 Å². The zero-order valence-electron chi connectivity index (χ0n) is 12.7. The van der Waals surface area contributed by atoms with E-state index in [0.717, 1.165) is 12.5 Å². The average molecular weight is 341 g/mol. The van der Waals surface area contributed by atoms with Crippen molar-refractivity contribution < 1.29 is 17.6 Å². The number of benzene rings is 1. The molecule has 1 amide bonds. The Kier molecular flexibility index (Phi) is 4.65. The van der Waals surface area contributed by atoms with Gasteiger partial charge in [-0.3, -0.25) is 4.79 Å². The standard InChI is InChI=1S/C15H20FN3O3S/c16-13-5-1-2-6-14(13)23(21,22)18-8-3-4-12(11-18)19-9-7-17-10-15(19)20/h1-2,5-6,12,17H,3-4,7-11H2. The van der Waals surface area contributed by atoms with Crippen LogP contribution in [0.25, 0.3) is 0 Å². The zero-order valence-corrected chi connectivity index (χ0v) is 13.6. The molecule has 2 fully saturated rings. The highest BCUT2D eigenvalue weighted by Crippen LogP contribution is 2.25. The summed E-state index contributed by atoms with van der Waals surface area (Å²) in [6.45, 7) is 2.16. The highest BCUT2D eigenvalue weighted by molar-refractivity contribution is 7.89. The molecule has 2 saturated heterocycles. The molecule has 2 aliphatic rings. The number of nitrogens with one attached hydrogen (secondary N) is 1. The quantitative estimate of drug-likeness (QED) is 0.865.